The van der Waals surface area contributed by atoms with Crippen molar-refractivity contribution in [1.29, 1.82) is 5.26 Å². The van der Waals surface area contributed by atoms with Crippen molar-refractivity contribution in [2.45, 2.75) is 13.8 Å². The lowest BCUT2D eigenvalue weighted by Crippen LogP contribution is -1.98. The van der Waals surface area contributed by atoms with Gasteiger partial charge in [-0.1, -0.05) is 24.3 Å². The molecule has 4 nitrogen and oxygen atoms in total. The van der Waals surface area contributed by atoms with Crippen molar-refractivity contribution in [1.82, 2.24) is 15.0 Å². The van der Waals surface area contributed by atoms with E-state index in [1.165, 1.54) is 0 Å². The molecular formula is C22H16N4. The highest BCUT2D eigenvalue weighted by atomic mass is 14.8. The highest BCUT2D eigenvalue weighted by Gasteiger charge is 2.15. The van der Waals surface area contributed by atoms with Gasteiger partial charge in [-0.05, 0) is 43.7 Å². The third kappa shape index (κ3) is 2.70. The molecule has 0 spiro atoms. The molecule has 2 aromatic carbocycles. The zero-order valence-electron chi connectivity index (χ0n) is 14.6. The normalized spacial score (nSPS) is 10.7. The van der Waals surface area contributed by atoms with E-state index in [1.54, 1.807) is 12.4 Å². The van der Waals surface area contributed by atoms with Crippen molar-refractivity contribution in [2.24, 2.45) is 0 Å². The molecular weight excluding hydrogens is 320 g/mol. The molecule has 0 atom stereocenters. The second-order valence-corrected chi connectivity index (χ2v) is 6.21. The Labute approximate surface area is 151 Å². The largest absolute Gasteiger partial charge is 0.256 e. The van der Waals surface area contributed by atoms with E-state index in [2.05, 4.69) is 22.1 Å². The van der Waals surface area contributed by atoms with Crippen LogP contribution in [-0.4, -0.2) is 15.0 Å². The molecule has 0 radical (unpaired) electrons. The van der Waals surface area contributed by atoms with E-state index >= 15 is 0 Å². The van der Waals surface area contributed by atoms with Gasteiger partial charge in [0.05, 0.1) is 34.2 Å². The Morgan fingerprint density at radius 1 is 0.923 bits per heavy atom. The molecule has 0 bridgehead atoms. The minimum atomic E-state index is 0.652. The Hall–Kier alpha value is -3.58. The van der Waals surface area contributed by atoms with Gasteiger partial charge in [-0.15, -0.1) is 0 Å². The van der Waals surface area contributed by atoms with Gasteiger partial charge in [-0.25, -0.2) is 4.98 Å². The topological polar surface area (TPSA) is 62.5 Å². The van der Waals surface area contributed by atoms with Crippen LogP contribution in [-0.2, 0) is 0 Å². The first kappa shape index (κ1) is 15.9. The van der Waals surface area contributed by atoms with Crippen LogP contribution in [0.25, 0.3) is 33.4 Å². The van der Waals surface area contributed by atoms with Crippen LogP contribution in [0.4, 0.5) is 0 Å². The molecule has 0 aliphatic heterocycles. The summed E-state index contributed by atoms with van der Waals surface area (Å²) in [6.07, 6.45) is 3.56. The van der Waals surface area contributed by atoms with Gasteiger partial charge in [0.15, 0.2) is 0 Å². The second kappa shape index (κ2) is 6.38. The summed E-state index contributed by atoms with van der Waals surface area (Å²) in [5.74, 6) is 0. The van der Waals surface area contributed by atoms with Crippen LogP contribution in [0, 0.1) is 25.2 Å². The number of hydrogen-bond donors (Lipinski definition) is 0. The monoisotopic (exact) mass is 336 g/mol. The summed E-state index contributed by atoms with van der Waals surface area (Å²) in [4.78, 5) is 13.8. The van der Waals surface area contributed by atoms with Crippen molar-refractivity contribution >= 4 is 10.9 Å². The molecule has 0 saturated heterocycles. The van der Waals surface area contributed by atoms with Crippen LogP contribution >= 0.6 is 0 Å². The Balaban J connectivity index is 1.97. The third-order valence-corrected chi connectivity index (χ3v) is 4.48. The van der Waals surface area contributed by atoms with Gasteiger partial charge in [0.1, 0.15) is 0 Å². The number of hydrogen-bond acceptors (Lipinski definition) is 4. The summed E-state index contributed by atoms with van der Waals surface area (Å²) in [7, 11) is 0. The first-order valence-electron chi connectivity index (χ1n) is 8.36. The Bertz CT molecular complexity index is 1170. The van der Waals surface area contributed by atoms with E-state index < -0.39 is 0 Å². The summed E-state index contributed by atoms with van der Waals surface area (Å²) in [5, 5.41) is 10.4. The SMILES string of the molecule is Cc1cnc(-c2ccc3ncccc3c2)c(-c2cccc(C#N)c2C)n1. The number of benzene rings is 2. The van der Waals surface area contributed by atoms with Crippen molar-refractivity contribution < 1.29 is 0 Å². The molecule has 0 aliphatic carbocycles. The van der Waals surface area contributed by atoms with E-state index in [1.807, 2.05) is 56.3 Å². The highest BCUT2D eigenvalue weighted by Crippen LogP contribution is 2.33. The fourth-order valence-electron chi connectivity index (χ4n) is 3.11. The summed E-state index contributed by atoms with van der Waals surface area (Å²) < 4.78 is 0. The van der Waals surface area contributed by atoms with Gasteiger partial charge in [0, 0.05) is 28.9 Å². The van der Waals surface area contributed by atoms with Gasteiger partial charge in [-0.3, -0.25) is 9.97 Å². The molecule has 0 fully saturated rings. The fraction of sp³-hybridized carbons (Fsp3) is 0.0909. The van der Waals surface area contributed by atoms with Crippen LogP contribution in [0.15, 0.2) is 60.9 Å². The maximum Gasteiger partial charge on any atom is 0.0994 e. The van der Waals surface area contributed by atoms with E-state index in [-0.39, 0.29) is 0 Å². The molecule has 0 amide bonds. The van der Waals surface area contributed by atoms with Crippen LogP contribution in [0.5, 0.6) is 0 Å². The predicted octanol–water partition coefficient (Wildman–Crippen LogP) is 4.85. The number of aryl methyl sites for hydroxylation is 1. The number of nitrogens with zero attached hydrogens (tertiary/aromatic N) is 4. The van der Waals surface area contributed by atoms with Crippen molar-refractivity contribution in [3.05, 3.63) is 77.7 Å². The summed E-state index contributed by atoms with van der Waals surface area (Å²) in [5.41, 5.74) is 6.87. The van der Waals surface area contributed by atoms with Crippen LogP contribution in [0.2, 0.25) is 0 Å². The van der Waals surface area contributed by atoms with Crippen molar-refractivity contribution in [3.8, 4) is 28.6 Å². The summed E-state index contributed by atoms with van der Waals surface area (Å²) in [6.45, 7) is 3.88. The first-order valence-corrected chi connectivity index (χ1v) is 8.36. The Morgan fingerprint density at radius 2 is 1.81 bits per heavy atom. The molecule has 4 heteroatoms. The zero-order chi connectivity index (χ0) is 18.1. The Morgan fingerprint density at radius 3 is 2.65 bits per heavy atom. The van der Waals surface area contributed by atoms with Crippen LogP contribution in [0.1, 0.15) is 16.8 Å². The van der Waals surface area contributed by atoms with Gasteiger partial charge in [0.2, 0.25) is 0 Å². The van der Waals surface area contributed by atoms with E-state index in [0.717, 1.165) is 44.7 Å². The minimum Gasteiger partial charge on any atom is -0.256 e. The van der Waals surface area contributed by atoms with Gasteiger partial charge in [-0.2, -0.15) is 5.26 Å². The molecule has 0 N–H and O–H groups in total. The Kier molecular flexibility index (Phi) is 3.91. The lowest BCUT2D eigenvalue weighted by molar-refractivity contribution is 1.12. The number of nitriles is 1. The lowest BCUT2D eigenvalue weighted by atomic mass is 9.96. The second-order valence-electron chi connectivity index (χ2n) is 6.21. The number of fused-ring (bicyclic) bond motifs is 1. The zero-order valence-corrected chi connectivity index (χ0v) is 14.6. The third-order valence-electron chi connectivity index (χ3n) is 4.48. The van der Waals surface area contributed by atoms with Gasteiger partial charge in [0.25, 0.3) is 0 Å². The predicted molar refractivity (Wildman–Crippen MR) is 102 cm³/mol. The van der Waals surface area contributed by atoms with E-state index in [9.17, 15) is 5.26 Å². The minimum absolute atomic E-state index is 0.652. The molecule has 2 heterocycles. The van der Waals surface area contributed by atoms with Crippen molar-refractivity contribution in [3.63, 3.8) is 0 Å². The van der Waals surface area contributed by atoms with Crippen LogP contribution < -0.4 is 0 Å². The molecule has 26 heavy (non-hydrogen) atoms. The van der Waals surface area contributed by atoms with Gasteiger partial charge >= 0.3 is 0 Å². The lowest BCUT2D eigenvalue weighted by Gasteiger charge is -2.12. The van der Waals surface area contributed by atoms with Crippen LogP contribution in [0.3, 0.4) is 0 Å². The fourth-order valence-corrected chi connectivity index (χ4v) is 3.11. The van der Waals surface area contributed by atoms with E-state index in [0.29, 0.717) is 5.56 Å². The molecule has 0 saturated carbocycles. The van der Waals surface area contributed by atoms with Crippen molar-refractivity contribution in [2.75, 3.05) is 0 Å². The molecule has 4 aromatic rings. The average molecular weight is 336 g/mol. The van der Waals surface area contributed by atoms with E-state index in [4.69, 9.17) is 4.98 Å². The first-order chi connectivity index (χ1) is 12.7. The number of aromatic nitrogens is 3. The summed E-state index contributed by atoms with van der Waals surface area (Å²) >= 11 is 0. The standard InChI is InChI=1S/C22H16N4/c1-14-13-25-21(17-8-9-20-16(11-17)6-4-10-24-20)22(26-14)19-7-3-5-18(12-23)15(19)2/h3-11,13H,1-2H3. The number of rotatable bonds is 2. The highest BCUT2D eigenvalue weighted by molar-refractivity contribution is 5.87. The molecule has 0 unspecified atom stereocenters. The summed E-state index contributed by atoms with van der Waals surface area (Å²) in [6, 6.07) is 18.0. The van der Waals surface area contributed by atoms with Gasteiger partial charge < -0.3 is 0 Å². The quantitative estimate of drug-likeness (QED) is 0.525. The maximum absolute atomic E-state index is 9.36. The number of pyridine rings is 1. The maximum atomic E-state index is 9.36. The smallest absolute Gasteiger partial charge is 0.0994 e. The molecule has 0 aliphatic rings. The molecule has 4 rings (SSSR count). The molecule has 124 valence electrons. The average Bonchev–Trinajstić information content (AvgIpc) is 2.68. The molecule has 2 aromatic heterocycles.